The zero-order valence-corrected chi connectivity index (χ0v) is 10.7. The van der Waals surface area contributed by atoms with E-state index in [-0.39, 0.29) is 12.4 Å². The van der Waals surface area contributed by atoms with E-state index in [4.69, 9.17) is 14.6 Å². The summed E-state index contributed by atoms with van der Waals surface area (Å²) in [5.74, 6) is 0.116. The van der Waals surface area contributed by atoms with E-state index in [0.29, 0.717) is 5.56 Å². The van der Waals surface area contributed by atoms with Crippen molar-refractivity contribution in [1.29, 1.82) is 0 Å². The second kappa shape index (κ2) is 6.49. The van der Waals surface area contributed by atoms with Gasteiger partial charge in [-0.2, -0.15) is 0 Å². The average molecular weight is 286 g/mol. The number of ether oxygens (including phenoxy) is 2. The smallest absolute Gasteiger partial charge is 0.184 e. The van der Waals surface area contributed by atoms with Crippen molar-refractivity contribution in [3.05, 3.63) is 29.8 Å². The van der Waals surface area contributed by atoms with Crippen molar-refractivity contribution in [2.24, 2.45) is 0 Å². The van der Waals surface area contributed by atoms with Crippen molar-refractivity contribution < 1.29 is 35.0 Å². The van der Waals surface area contributed by atoms with Crippen LogP contribution in [0.25, 0.3) is 0 Å². The monoisotopic (exact) mass is 286 g/mol. The van der Waals surface area contributed by atoms with Gasteiger partial charge in [0.2, 0.25) is 0 Å². The lowest BCUT2D eigenvalue weighted by Crippen LogP contribution is -2.46. The van der Waals surface area contributed by atoms with Gasteiger partial charge in [0, 0.05) is 5.56 Å². The maximum absolute atomic E-state index is 9.86. The highest BCUT2D eigenvalue weighted by molar-refractivity contribution is 5.26. The quantitative estimate of drug-likeness (QED) is 0.465. The van der Waals surface area contributed by atoms with Crippen LogP contribution < -0.4 is 0 Å². The third-order valence-electron chi connectivity index (χ3n) is 3.19. The molecule has 0 spiro atoms. The fraction of sp³-hybridized carbons (Fsp3) is 0.538. The summed E-state index contributed by atoms with van der Waals surface area (Å²) in [6.45, 7) is -0.616. The zero-order chi connectivity index (χ0) is 14.7. The molecule has 7 nitrogen and oxygen atoms in total. The Labute approximate surface area is 115 Å². The molecule has 0 amide bonds. The number of hydrogen-bond donors (Lipinski definition) is 5. The van der Waals surface area contributed by atoms with Gasteiger partial charge in [0.15, 0.2) is 6.29 Å². The molecule has 1 saturated heterocycles. The fourth-order valence-corrected chi connectivity index (χ4v) is 1.96. The predicted octanol–water partition coefficient (Wildman–Crippen LogP) is -1.12. The molecule has 1 aromatic carbocycles. The minimum absolute atomic E-state index is 0.0436. The summed E-state index contributed by atoms with van der Waals surface area (Å²) in [4.78, 5) is 0. The van der Waals surface area contributed by atoms with Crippen molar-refractivity contribution in [3.8, 4) is 5.75 Å². The van der Waals surface area contributed by atoms with Crippen molar-refractivity contribution in [2.75, 3.05) is 13.2 Å². The second-order valence-corrected chi connectivity index (χ2v) is 4.66. The summed E-state index contributed by atoms with van der Waals surface area (Å²) >= 11 is 0. The molecular weight excluding hydrogens is 268 g/mol. The molecule has 1 heterocycles. The highest BCUT2D eigenvalue weighted by atomic mass is 16.7. The van der Waals surface area contributed by atoms with E-state index in [2.05, 4.69) is 0 Å². The summed E-state index contributed by atoms with van der Waals surface area (Å²) in [7, 11) is 0. The topological polar surface area (TPSA) is 120 Å². The van der Waals surface area contributed by atoms with Gasteiger partial charge < -0.3 is 35.0 Å². The van der Waals surface area contributed by atoms with Gasteiger partial charge in [-0.25, -0.2) is 0 Å². The normalized spacial score (nSPS) is 27.2. The first kappa shape index (κ1) is 15.2. The maximum Gasteiger partial charge on any atom is 0.184 e. The molecule has 0 bridgehead atoms. The Bertz CT molecular complexity index is 421. The molecule has 0 saturated carbocycles. The highest BCUT2D eigenvalue weighted by Crippen LogP contribution is 2.30. The second-order valence-electron chi connectivity index (χ2n) is 4.66. The Morgan fingerprint density at radius 3 is 2.40 bits per heavy atom. The minimum Gasteiger partial charge on any atom is -0.508 e. The molecule has 20 heavy (non-hydrogen) atoms. The molecule has 0 radical (unpaired) electrons. The highest BCUT2D eigenvalue weighted by Gasteiger charge is 2.38. The summed E-state index contributed by atoms with van der Waals surface area (Å²) in [5.41, 5.74) is 0.662. The van der Waals surface area contributed by atoms with Gasteiger partial charge in [-0.1, -0.05) is 12.1 Å². The molecule has 1 aliphatic rings. The molecule has 2 rings (SSSR count). The standard InChI is InChI=1S/C13H18O7/c14-5-9(16)11(17)12(18)10-6-19-13(20-10)7-1-3-8(15)4-2-7/h1-4,9-18H,5-6H2/t9-,10+,11-,12-,13?/m1/s1. The summed E-state index contributed by atoms with van der Waals surface area (Å²) < 4.78 is 10.8. The van der Waals surface area contributed by atoms with Crippen LogP contribution in [0.15, 0.2) is 24.3 Å². The number of aromatic hydroxyl groups is 1. The third kappa shape index (κ3) is 3.26. The van der Waals surface area contributed by atoms with Gasteiger partial charge in [-0.15, -0.1) is 0 Å². The van der Waals surface area contributed by atoms with Crippen LogP contribution >= 0.6 is 0 Å². The molecule has 5 N–H and O–H groups in total. The van der Waals surface area contributed by atoms with Crippen LogP contribution in [0.1, 0.15) is 11.9 Å². The van der Waals surface area contributed by atoms with Gasteiger partial charge in [0.1, 0.15) is 30.2 Å². The molecule has 1 aliphatic heterocycles. The lowest BCUT2D eigenvalue weighted by molar-refractivity contribution is -0.134. The lowest BCUT2D eigenvalue weighted by Gasteiger charge is -2.25. The van der Waals surface area contributed by atoms with Crippen LogP contribution in [0.3, 0.4) is 0 Å². The van der Waals surface area contributed by atoms with Crippen LogP contribution in [0.4, 0.5) is 0 Å². The predicted molar refractivity (Wildman–Crippen MR) is 66.8 cm³/mol. The Morgan fingerprint density at radius 1 is 1.15 bits per heavy atom. The van der Waals surface area contributed by atoms with Crippen LogP contribution in [-0.4, -0.2) is 63.2 Å². The van der Waals surface area contributed by atoms with E-state index in [1.165, 1.54) is 12.1 Å². The largest absolute Gasteiger partial charge is 0.508 e. The van der Waals surface area contributed by atoms with E-state index < -0.39 is 37.3 Å². The number of aliphatic hydroxyl groups excluding tert-OH is 4. The first-order valence-corrected chi connectivity index (χ1v) is 6.24. The van der Waals surface area contributed by atoms with Gasteiger partial charge >= 0.3 is 0 Å². The summed E-state index contributed by atoms with van der Waals surface area (Å²) in [5, 5.41) is 46.7. The molecular formula is C13H18O7. The Hall–Kier alpha value is -1.22. The molecule has 112 valence electrons. The number of hydrogen-bond acceptors (Lipinski definition) is 7. The minimum atomic E-state index is -1.52. The first-order chi connectivity index (χ1) is 9.52. The van der Waals surface area contributed by atoms with Gasteiger partial charge in [-0.3, -0.25) is 0 Å². The van der Waals surface area contributed by atoms with E-state index in [9.17, 15) is 20.4 Å². The van der Waals surface area contributed by atoms with Crippen molar-refractivity contribution in [1.82, 2.24) is 0 Å². The number of aliphatic hydroxyl groups is 4. The zero-order valence-electron chi connectivity index (χ0n) is 10.7. The number of phenolic OH excluding ortho intramolecular Hbond substituents is 1. The number of benzene rings is 1. The molecule has 0 aliphatic carbocycles. The van der Waals surface area contributed by atoms with Gasteiger partial charge in [-0.05, 0) is 12.1 Å². The maximum atomic E-state index is 9.86. The van der Waals surface area contributed by atoms with E-state index >= 15 is 0 Å². The van der Waals surface area contributed by atoms with E-state index in [1.807, 2.05) is 0 Å². The summed E-state index contributed by atoms with van der Waals surface area (Å²) in [6.07, 6.45) is -5.87. The van der Waals surface area contributed by atoms with Crippen molar-refractivity contribution in [3.63, 3.8) is 0 Å². The Kier molecular flexibility index (Phi) is 4.92. The SMILES string of the molecule is OC[C@@H](O)[C@@H](O)[C@H](O)[C@@H]1COC(c2ccc(O)cc2)O1. The van der Waals surface area contributed by atoms with Crippen LogP contribution in [0, 0.1) is 0 Å². The molecule has 1 unspecified atom stereocenters. The third-order valence-corrected chi connectivity index (χ3v) is 3.19. The molecule has 0 aromatic heterocycles. The number of rotatable bonds is 5. The van der Waals surface area contributed by atoms with E-state index in [0.717, 1.165) is 0 Å². The van der Waals surface area contributed by atoms with Gasteiger partial charge in [0.05, 0.1) is 13.2 Å². The summed E-state index contributed by atoms with van der Waals surface area (Å²) in [6, 6.07) is 6.20. The van der Waals surface area contributed by atoms with Crippen molar-refractivity contribution in [2.45, 2.75) is 30.7 Å². The Morgan fingerprint density at radius 2 is 1.80 bits per heavy atom. The van der Waals surface area contributed by atoms with Crippen LogP contribution in [0.2, 0.25) is 0 Å². The molecule has 1 fully saturated rings. The van der Waals surface area contributed by atoms with Crippen molar-refractivity contribution >= 4 is 0 Å². The Balaban J connectivity index is 1.96. The molecule has 7 heteroatoms. The van der Waals surface area contributed by atoms with Crippen LogP contribution in [-0.2, 0) is 9.47 Å². The average Bonchev–Trinajstić information content (AvgIpc) is 2.95. The number of phenols is 1. The molecule has 1 aromatic rings. The fourth-order valence-electron chi connectivity index (χ4n) is 1.96. The van der Waals surface area contributed by atoms with Crippen LogP contribution in [0.5, 0.6) is 5.75 Å². The lowest BCUT2D eigenvalue weighted by atomic mass is 10.0. The molecule has 5 atom stereocenters. The van der Waals surface area contributed by atoms with E-state index in [1.54, 1.807) is 12.1 Å². The first-order valence-electron chi connectivity index (χ1n) is 6.24. The van der Waals surface area contributed by atoms with Gasteiger partial charge in [0.25, 0.3) is 0 Å².